The summed E-state index contributed by atoms with van der Waals surface area (Å²) in [6.07, 6.45) is 1.07. The summed E-state index contributed by atoms with van der Waals surface area (Å²) in [6, 6.07) is 14.4. The average molecular weight is 864 g/mol. The summed E-state index contributed by atoms with van der Waals surface area (Å²) in [5, 5.41) is 12.1. The normalized spacial score (nSPS) is 18.0. The second kappa shape index (κ2) is 24.9. The molecule has 4 N–H and O–H groups in total. The summed E-state index contributed by atoms with van der Waals surface area (Å²) < 4.78 is 12.1. The van der Waals surface area contributed by atoms with E-state index in [0.717, 1.165) is 29.7 Å². The highest BCUT2D eigenvalue weighted by molar-refractivity contribution is 5.91. The molecule has 2 aromatic carbocycles. The Labute approximate surface area is 371 Å². The molecular formula is C48H77N7O7. The number of nitrogens with one attached hydrogen (secondary N) is 4. The third-order valence-electron chi connectivity index (χ3n) is 12.6. The minimum Gasteiger partial charge on any atom is -0.388 e. The molecule has 5 amide bonds. The SMILES string of the molecule is CC[C@H](C)[C@@H]([C@@H](CC(=O)N1CCC[C@H]1[C@H](OC)[C@@H](C)C(=O)N[C@@H](Cc1ccccc1)C(=O)NCc1ccc(NC)cc1)OC)N(C)C(=O)[C@@H](NC(=O)[C@H](C(C)C)N(C)C)C(C)C. The van der Waals surface area contributed by atoms with Crippen LogP contribution in [0.15, 0.2) is 54.6 Å². The first kappa shape index (κ1) is 51.8. The van der Waals surface area contributed by atoms with Gasteiger partial charge in [-0.15, -0.1) is 0 Å². The zero-order valence-electron chi connectivity index (χ0n) is 39.7. The van der Waals surface area contributed by atoms with Crippen molar-refractivity contribution in [3.8, 4) is 0 Å². The van der Waals surface area contributed by atoms with E-state index in [1.165, 1.54) is 0 Å². The Morgan fingerprint density at radius 2 is 1.45 bits per heavy atom. The van der Waals surface area contributed by atoms with Gasteiger partial charge in [0.25, 0.3) is 0 Å². The quantitative estimate of drug-likeness (QED) is 0.117. The van der Waals surface area contributed by atoms with E-state index in [2.05, 4.69) is 21.3 Å². The fourth-order valence-electron chi connectivity index (χ4n) is 8.88. The van der Waals surface area contributed by atoms with Crippen LogP contribution in [-0.4, -0.2) is 136 Å². The third-order valence-corrected chi connectivity index (χ3v) is 12.6. The molecule has 0 radical (unpaired) electrons. The molecule has 14 heteroatoms. The topological polar surface area (TPSA) is 162 Å². The van der Waals surface area contributed by atoms with Gasteiger partial charge in [0.05, 0.1) is 42.7 Å². The van der Waals surface area contributed by atoms with E-state index in [0.29, 0.717) is 25.9 Å². The van der Waals surface area contributed by atoms with Gasteiger partial charge >= 0.3 is 0 Å². The Morgan fingerprint density at radius 1 is 0.806 bits per heavy atom. The standard InChI is InChI=1S/C48H77N7O7/c1-14-32(6)43(54(11)48(60)41(30(2)3)52-47(59)42(31(4)5)53(9)10)39(61-12)28-40(56)55-26-18-21-38(55)44(62-13)33(7)45(57)51-37(27-34-19-16-15-17-20-34)46(58)50-29-35-22-24-36(49-8)25-23-35/h15-17,19-20,22-25,30-33,37-39,41-44,49H,14,18,21,26-29H2,1-13H3,(H,50,58)(H,51,57)(H,52,59)/t32-,33+,37-,38-,39+,41-,42-,43-,44+/m0/s1. The highest BCUT2D eigenvalue weighted by atomic mass is 16.5. The number of likely N-dealkylation sites (tertiary alicyclic amines) is 1. The number of rotatable bonds is 24. The maximum Gasteiger partial charge on any atom is 0.245 e. The Hall–Kier alpha value is -4.53. The maximum absolute atomic E-state index is 14.4. The Bertz CT molecular complexity index is 1720. The molecule has 1 fully saturated rings. The predicted molar refractivity (Wildman–Crippen MR) is 245 cm³/mol. The van der Waals surface area contributed by atoms with E-state index in [-0.39, 0.29) is 53.7 Å². The van der Waals surface area contributed by atoms with Crippen LogP contribution in [0.1, 0.15) is 85.3 Å². The van der Waals surface area contributed by atoms with Gasteiger partial charge in [-0.2, -0.15) is 0 Å². The number of methoxy groups -OCH3 is 2. The zero-order chi connectivity index (χ0) is 46.3. The lowest BCUT2D eigenvalue weighted by Gasteiger charge is -2.41. The number of benzene rings is 2. The van der Waals surface area contributed by atoms with Crippen molar-refractivity contribution in [1.29, 1.82) is 0 Å². The molecule has 62 heavy (non-hydrogen) atoms. The fraction of sp³-hybridized carbons (Fsp3) is 0.646. The van der Waals surface area contributed by atoms with Gasteiger partial charge in [-0.25, -0.2) is 0 Å². The molecule has 0 aliphatic carbocycles. The number of carbonyl (C=O) groups excluding carboxylic acids is 5. The van der Waals surface area contributed by atoms with E-state index < -0.39 is 48.3 Å². The second-order valence-electron chi connectivity index (χ2n) is 17.9. The number of nitrogens with zero attached hydrogens (tertiary/aromatic N) is 3. The molecule has 1 aliphatic rings. The predicted octanol–water partition coefficient (Wildman–Crippen LogP) is 4.72. The summed E-state index contributed by atoms with van der Waals surface area (Å²) in [7, 11) is 10.4. The van der Waals surface area contributed by atoms with Gasteiger partial charge in [-0.3, -0.25) is 28.9 Å². The molecule has 0 spiro atoms. The first-order chi connectivity index (χ1) is 29.4. The third kappa shape index (κ3) is 14.0. The van der Waals surface area contributed by atoms with E-state index in [1.807, 2.05) is 122 Å². The first-order valence-corrected chi connectivity index (χ1v) is 22.4. The lowest BCUT2D eigenvalue weighted by atomic mass is 9.89. The van der Waals surface area contributed by atoms with Crippen molar-refractivity contribution in [2.45, 2.75) is 130 Å². The summed E-state index contributed by atoms with van der Waals surface area (Å²) in [4.78, 5) is 75.3. The lowest BCUT2D eigenvalue weighted by molar-refractivity contribution is -0.148. The van der Waals surface area contributed by atoms with Crippen LogP contribution in [0.4, 0.5) is 5.69 Å². The molecule has 346 valence electrons. The van der Waals surface area contributed by atoms with E-state index >= 15 is 0 Å². The van der Waals surface area contributed by atoms with Crippen LogP contribution in [0, 0.1) is 23.7 Å². The smallest absolute Gasteiger partial charge is 0.245 e. The summed E-state index contributed by atoms with van der Waals surface area (Å²) in [5.41, 5.74) is 2.79. The summed E-state index contributed by atoms with van der Waals surface area (Å²) in [5.74, 6) is -2.17. The average Bonchev–Trinajstić information content (AvgIpc) is 3.73. The largest absolute Gasteiger partial charge is 0.388 e. The Kier molecular flexibility index (Phi) is 20.8. The number of amides is 5. The maximum atomic E-state index is 14.4. The number of hydrogen-bond acceptors (Lipinski definition) is 9. The molecule has 0 unspecified atom stereocenters. The van der Waals surface area contributed by atoms with Crippen molar-refractivity contribution >= 4 is 35.2 Å². The van der Waals surface area contributed by atoms with E-state index in [4.69, 9.17) is 9.47 Å². The minimum absolute atomic E-state index is 0.00238. The van der Waals surface area contributed by atoms with Crippen molar-refractivity contribution in [1.82, 2.24) is 30.7 Å². The van der Waals surface area contributed by atoms with Gasteiger partial charge in [0.2, 0.25) is 29.5 Å². The van der Waals surface area contributed by atoms with Gasteiger partial charge in [0.1, 0.15) is 12.1 Å². The van der Waals surface area contributed by atoms with Gasteiger partial charge in [-0.05, 0) is 68.0 Å². The molecule has 9 atom stereocenters. The summed E-state index contributed by atoms with van der Waals surface area (Å²) >= 11 is 0. The van der Waals surface area contributed by atoms with Crippen LogP contribution in [0.2, 0.25) is 0 Å². The van der Waals surface area contributed by atoms with Gasteiger partial charge in [0.15, 0.2) is 0 Å². The number of ether oxygens (including phenoxy) is 2. The van der Waals surface area contributed by atoms with Gasteiger partial charge in [-0.1, -0.05) is 97.4 Å². The second-order valence-corrected chi connectivity index (χ2v) is 17.9. The molecule has 0 saturated carbocycles. The molecule has 0 aromatic heterocycles. The highest BCUT2D eigenvalue weighted by Gasteiger charge is 2.43. The van der Waals surface area contributed by atoms with Crippen LogP contribution in [0.3, 0.4) is 0 Å². The van der Waals surface area contributed by atoms with Gasteiger partial charge < -0.3 is 40.5 Å². The van der Waals surface area contributed by atoms with E-state index in [1.54, 1.807) is 38.0 Å². The van der Waals surface area contributed by atoms with Crippen LogP contribution in [0.25, 0.3) is 0 Å². The number of hydrogen-bond donors (Lipinski definition) is 4. The Balaban J connectivity index is 1.79. The number of likely N-dealkylation sites (N-methyl/N-ethyl adjacent to an activating group) is 2. The minimum atomic E-state index is -0.851. The Morgan fingerprint density at radius 3 is 1.98 bits per heavy atom. The summed E-state index contributed by atoms with van der Waals surface area (Å²) in [6.45, 7) is 14.4. The fourth-order valence-corrected chi connectivity index (χ4v) is 8.88. The van der Waals surface area contributed by atoms with Gasteiger partial charge in [0, 0.05) is 53.5 Å². The molecule has 1 heterocycles. The van der Waals surface area contributed by atoms with Crippen LogP contribution >= 0.6 is 0 Å². The molecule has 1 aliphatic heterocycles. The molecule has 1 saturated heterocycles. The molecule has 0 bridgehead atoms. The van der Waals surface area contributed by atoms with Crippen molar-refractivity contribution in [2.75, 3.05) is 54.3 Å². The van der Waals surface area contributed by atoms with Crippen LogP contribution < -0.4 is 21.3 Å². The molecule has 2 aromatic rings. The number of carbonyl (C=O) groups is 5. The molecular weight excluding hydrogens is 787 g/mol. The molecule has 14 nitrogen and oxygen atoms in total. The zero-order valence-corrected chi connectivity index (χ0v) is 39.7. The van der Waals surface area contributed by atoms with Crippen LogP contribution in [-0.2, 0) is 46.4 Å². The van der Waals surface area contributed by atoms with Crippen molar-refractivity contribution in [2.24, 2.45) is 23.7 Å². The van der Waals surface area contributed by atoms with Crippen molar-refractivity contribution < 1.29 is 33.4 Å². The van der Waals surface area contributed by atoms with Crippen LogP contribution in [0.5, 0.6) is 0 Å². The first-order valence-electron chi connectivity index (χ1n) is 22.4. The lowest BCUT2D eigenvalue weighted by Crippen LogP contribution is -2.59. The van der Waals surface area contributed by atoms with Crippen molar-refractivity contribution in [3.63, 3.8) is 0 Å². The highest BCUT2D eigenvalue weighted by Crippen LogP contribution is 2.30. The number of anilines is 1. The molecule has 3 rings (SSSR count). The van der Waals surface area contributed by atoms with E-state index in [9.17, 15) is 24.0 Å². The van der Waals surface area contributed by atoms with Crippen molar-refractivity contribution in [3.05, 3.63) is 65.7 Å². The monoisotopic (exact) mass is 864 g/mol.